The van der Waals surface area contributed by atoms with E-state index in [-0.39, 0.29) is 30.6 Å². The molecule has 0 radical (unpaired) electrons. The Morgan fingerprint density at radius 2 is 1.64 bits per heavy atom. The fourth-order valence-electron chi connectivity index (χ4n) is 5.13. The predicted molar refractivity (Wildman–Crippen MR) is 151 cm³/mol. The Labute approximate surface area is 229 Å². The zero-order valence-electron chi connectivity index (χ0n) is 22.3. The lowest BCUT2D eigenvalue weighted by Gasteiger charge is -2.37. The Hall–Kier alpha value is -4.01. The first-order valence-corrected chi connectivity index (χ1v) is 13.5. The molecule has 2 heterocycles. The number of urea groups is 1. The summed E-state index contributed by atoms with van der Waals surface area (Å²) in [5.41, 5.74) is 6.17. The summed E-state index contributed by atoms with van der Waals surface area (Å²) < 4.78 is 0. The number of piperidine rings is 1. The summed E-state index contributed by atoms with van der Waals surface area (Å²) in [6.45, 7) is 3.62. The Morgan fingerprint density at radius 1 is 0.949 bits per heavy atom. The Bertz CT molecular complexity index is 1280. The number of carbonyl (C=O) groups excluding carboxylic acids is 2. The van der Waals surface area contributed by atoms with E-state index in [4.69, 9.17) is 4.84 Å². The van der Waals surface area contributed by atoms with E-state index in [2.05, 4.69) is 39.6 Å². The predicted octanol–water partition coefficient (Wildman–Crippen LogP) is 4.65. The van der Waals surface area contributed by atoms with Gasteiger partial charge in [-0.25, -0.2) is 10.3 Å². The summed E-state index contributed by atoms with van der Waals surface area (Å²) in [7, 11) is 1.89. The molecule has 3 aromatic rings. The number of hydrogen-bond acceptors (Lipinski definition) is 5. The van der Waals surface area contributed by atoms with E-state index in [1.807, 2.05) is 66.5 Å². The topological polar surface area (TPSA) is 77.5 Å². The minimum atomic E-state index is -0.318. The maximum atomic E-state index is 13.3. The minimum absolute atomic E-state index is 0.0361. The van der Waals surface area contributed by atoms with Crippen molar-refractivity contribution >= 4 is 18.3 Å². The standard InChI is InChI=1S/C31H35N5O3/c1-34(28-15-17-35(18-16-28)20-24-9-4-2-5-10-24)31(38)36-21-29(32-23-36)26-13-8-14-27(19-26)30(37)33-39-22-25-11-6-3-7-12-25/h2-14,19,23,28-29H,15-18,20-22H2,1H3,(H,33,37). The fraction of sp³-hybridized carbons (Fsp3) is 0.323. The van der Waals surface area contributed by atoms with E-state index < -0.39 is 0 Å². The average Bonchev–Trinajstić information content (AvgIpc) is 3.48. The summed E-state index contributed by atoms with van der Waals surface area (Å²) in [6, 6.07) is 27.4. The van der Waals surface area contributed by atoms with Gasteiger partial charge < -0.3 is 4.90 Å². The summed E-state index contributed by atoms with van der Waals surface area (Å²) in [5, 5.41) is 0. The summed E-state index contributed by atoms with van der Waals surface area (Å²) in [5.74, 6) is -0.318. The van der Waals surface area contributed by atoms with Crippen LogP contribution in [0.5, 0.6) is 0 Å². The smallest absolute Gasteiger partial charge is 0.324 e. The third-order valence-electron chi connectivity index (χ3n) is 7.44. The lowest BCUT2D eigenvalue weighted by molar-refractivity contribution is 0.0233. The van der Waals surface area contributed by atoms with Gasteiger partial charge >= 0.3 is 6.03 Å². The zero-order chi connectivity index (χ0) is 27.0. The first kappa shape index (κ1) is 26.6. The van der Waals surface area contributed by atoms with E-state index in [1.165, 1.54) is 5.56 Å². The molecule has 5 rings (SSSR count). The number of carbonyl (C=O) groups is 2. The van der Waals surface area contributed by atoms with Crippen LogP contribution in [-0.4, -0.2) is 65.7 Å². The largest absolute Gasteiger partial charge is 0.325 e. The van der Waals surface area contributed by atoms with Gasteiger partial charge in [-0.3, -0.25) is 24.4 Å². The highest BCUT2D eigenvalue weighted by Gasteiger charge is 2.31. The monoisotopic (exact) mass is 525 g/mol. The van der Waals surface area contributed by atoms with Crippen LogP contribution in [0.4, 0.5) is 4.79 Å². The molecule has 0 bridgehead atoms. The van der Waals surface area contributed by atoms with Gasteiger partial charge in [0.15, 0.2) is 0 Å². The van der Waals surface area contributed by atoms with Gasteiger partial charge in [-0.2, -0.15) is 0 Å². The summed E-state index contributed by atoms with van der Waals surface area (Å²) in [6.07, 6.45) is 3.53. The molecule has 0 aromatic heterocycles. The Morgan fingerprint density at radius 3 is 2.36 bits per heavy atom. The number of likely N-dealkylation sites (tertiary alicyclic amines) is 1. The molecule has 3 aromatic carbocycles. The number of hydroxylamine groups is 1. The summed E-state index contributed by atoms with van der Waals surface area (Å²) >= 11 is 0. The highest BCUT2D eigenvalue weighted by molar-refractivity contribution is 5.93. The molecule has 1 unspecified atom stereocenters. The van der Waals surface area contributed by atoms with Gasteiger partial charge in [0, 0.05) is 38.3 Å². The third-order valence-corrected chi connectivity index (χ3v) is 7.44. The van der Waals surface area contributed by atoms with Crippen LogP contribution in [0.25, 0.3) is 0 Å². The van der Waals surface area contributed by atoms with Crippen LogP contribution >= 0.6 is 0 Å². The van der Waals surface area contributed by atoms with Crippen molar-refractivity contribution in [2.75, 3.05) is 26.7 Å². The van der Waals surface area contributed by atoms with Crippen LogP contribution in [-0.2, 0) is 18.0 Å². The van der Waals surface area contributed by atoms with Gasteiger partial charge in [-0.05, 0) is 41.7 Å². The molecule has 0 spiro atoms. The lowest BCUT2D eigenvalue weighted by Crippen LogP contribution is -2.49. The fourth-order valence-corrected chi connectivity index (χ4v) is 5.13. The molecule has 202 valence electrons. The maximum absolute atomic E-state index is 13.3. The molecule has 0 aliphatic carbocycles. The summed E-state index contributed by atoms with van der Waals surface area (Å²) in [4.78, 5) is 41.8. The maximum Gasteiger partial charge on any atom is 0.325 e. The van der Waals surface area contributed by atoms with Crippen LogP contribution < -0.4 is 5.48 Å². The first-order valence-electron chi connectivity index (χ1n) is 13.5. The normalized spacial score (nSPS) is 17.8. The molecule has 0 saturated carbocycles. The van der Waals surface area contributed by atoms with E-state index >= 15 is 0 Å². The molecule has 8 nitrogen and oxygen atoms in total. The zero-order valence-corrected chi connectivity index (χ0v) is 22.3. The van der Waals surface area contributed by atoms with E-state index in [9.17, 15) is 9.59 Å². The molecule has 3 amide bonds. The number of rotatable bonds is 8. The second kappa shape index (κ2) is 12.7. The van der Waals surface area contributed by atoms with Crippen molar-refractivity contribution in [3.8, 4) is 0 Å². The van der Waals surface area contributed by atoms with Crippen LogP contribution in [0.2, 0.25) is 0 Å². The Balaban J connectivity index is 1.10. The second-order valence-electron chi connectivity index (χ2n) is 10.2. The van der Waals surface area contributed by atoms with Crippen LogP contribution in [0.1, 0.15) is 45.9 Å². The number of benzene rings is 3. The van der Waals surface area contributed by atoms with Crippen molar-refractivity contribution in [2.24, 2.45) is 4.99 Å². The van der Waals surface area contributed by atoms with Crippen LogP contribution in [0.3, 0.4) is 0 Å². The van der Waals surface area contributed by atoms with Crippen molar-refractivity contribution in [2.45, 2.75) is 38.1 Å². The quantitative estimate of drug-likeness (QED) is 0.435. The molecule has 8 heteroatoms. The molecule has 1 fully saturated rings. The van der Waals surface area contributed by atoms with Crippen molar-refractivity contribution in [1.29, 1.82) is 0 Å². The number of aliphatic imine (C=N–C) groups is 1. The number of amides is 3. The molecule has 1 atom stereocenters. The van der Waals surface area contributed by atoms with E-state index in [0.29, 0.717) is 12.1 Å². The second-order valence-corrected chi connectivity index (χ2v) is 10.2. The lowest BCUT2D eigenvalue weighted by atomic mass is 10.0. The molecule has 2 aliphatic rings. The Kier molecular flexibility index (Phi) is 8.65. The molecule has 39 heavy (non-hydrogen) atoms. The number of hydrogen-bond donors (Lipinski definition) is 1. The SMILES string of the molecule is CN(C(=O)N1C=NC(c2cccc(C(=O)NOCc3ccccc3)c2)C1)C1CCN(Cc2ccccc2)CC1. The van der Waals surface area contributed by atoms with Crippen molar-refractivity contribution in [3.05, 3.63) is 107 Å². The van der Waals surface area contributed by atoms with Crippen molar-refractivity contribution < 1.29 is 14.4 Å². The molecule has 1 saturated heterocycles. The van der Waals surface area contributed by atoms with Gasteiger partial charge in [-0.15, -0.1) is 0 Å². The molecular weight excluding hydrogens is 490 g/mol. The first-order chi connectivity index (χ1) is 19.1. The van der Waals surface area contributed by atoms with Gasteiger partial charge in [0.05, 0.1) is 25.5 Å². The number of nitrogens with one attached hydrogen (secondary N) is 1. The highest BCUT2D eigenvalue weighted by Crippen LogP contribution is 2.25. The van der Waals surface area contributed by atoms with Gasteiger partial charge in [-0.1, -0.05) is 72.8 Å². The molecule has 1 N–H and O–H groups in total. The minimum Gasteiger partial charge on any atom is -0.324 e. The average molecular weight is 526 g/mol. The van der Waals surface area contributed by atoms with E-state index in [1.54, 1.807) is 17.3 Å². The van der Waals surface area contributed by atoms with Crippen LogP contribution in [0.15, 0.2) is 89.9 Å². The van der Waals surface area contributed by atoms with Gasteiger partial charge in [0.25, 0.3) is 5.91 Å². The molecule has 2 aliphatic heterocycles. The molecular formula is C31H35N5O3. The highest BCUT2D eigenvalue weighted by atomic mass is 16.6. The van der Waals surface area contributed by atoms with Crippen molar-refractivity contribution in [1.82, 2.24) is 20.2 Å². The van der Waals surface area contributed by atoms with Gasteiger partial charge in [0.2, 0.25) is 0 Å². The van der Waals surface area contributed by atoms with Crippen LogP contribution in [0, 0.1) is 0 Å². The third kappa shape index (κ3) is 6.90. The van der Waals surface area contributed by atoms with Gasteiger partial charge in [0.1, 0.15) is 0 Å². The number of nitrogens with zero attached hydrogens (tertiary/aromatic N) is 4. The van der Waals surface area contributed by atoms with E-state index in [0.717, 1.165) is 43.6 Å². The van der Waals surface area contributed by atoms with Crippen molar-refractivity contribution in [3.63, 3.8) is 0 Å².